The predicted octanol–water partition coefficient (Wildman–Crippen LogP) is 2.39. The van der Waals surface area contributed by atoms with Crippen LogP contribution in [-0.4, -0.2) is 5.91 Å². The number of carbonyl (C=O) groups excluding carboxylic acids is 1. The Morgan fingerprint density at radius 2 is 2.00 bits per heavy atom. The van der Waals surface area contributed by atoms with Crippen LogP contribution in [-0.2, 0) is 4.79 Å². The van der Waals surface area contributed by atoms with E-state index in [-0.39, 0.29) is 17.5 Å². The highest BCUT2D eigenvalue weighted by Crippen LogP contribution is 2.15. The number of carbonyl (C=O) groups is 1. The lowest BCUT2D eigenvalue weighted by Gasteiger charge is -2.06. The predicted molar refractivity (Wildman–Crippen MR) is 66.0 cm³/mol. The molecule has 2 aromatic rings. The summed E-state index contributed by atoms with van der Waals surface area (Å²) < 4.78 is 5.10. The third kappa shape index (κ3) is 2.36. The monoisotopic (exact) mass is 231 g/mol. The molecule has 0 atom stereocenters. The normalized spacial score (nSPS) is 10.8. The zero-order valence-corrected chi connectivity index (χ0v) is 9.69. The molecule has 0 aliphatic heterocycles. The topological polar surface area (TPSA) is 59.3 Å². The van der Waals surface area contributed by atoms with Gasteiger partial charge in [-0.1, -0.05) is 32.0 Å². The first-order chi connectivity index (χ1) is 8.08. The SMILES string of the molecule is CC(C)C(=O)Nc1cc2ccccc2oc1=O. The first kappa shape index (κ1) is 11.4. The third-order valence-electron chi connectivity index (χ3n) is 2.42. The largest absolute Gasteiger partial charge is 0.421 e. The van der Waals surface area contributed by atoms with E-state index in [2.05, 4.69) is 5.32 Å². The second-order valence-corrected chi connectivity index (χ2v) is 4.13. The quantitative estimate of drug-likeness (QED) is 0.807. The van der Waals surface area contributed by atoms with Crippen LogP contribution in [0.15, 0.2) is 39.5 Å². The van der Waals surface area contributed by atoms with Gasteiger partial charge in [-0.3, -0.25) is 4.79 Å². The van der Waals surface area contributed by atoms with Gasteiger partial charge in [-0.25, -0.2) is 4.79 Å². The molecule has 0 bridgehead atoms. The highest BCUT2D eigenvalue weighted by atomic mass is 16.4. The Morgan fingerprint density at radius 3 is 2.71 bits per heavy atom. The number of rotatable bonds is 2. The van der Waals surface area contributed by atoms with Crippen LogP contribution in [0.25, 0.3) is 11.0 Å². The highest BCUT2D eigenvalue weighted by molar-refractivity contribution is 5.93. The molecule has 1 aromatic carbocycles. The summed E-state index contributed by atoms with van der Waals surface area (Å²) >= 11 is 0. The molecule has 4 nitrogen and oxygen atoms in total. The molecular formula is C13H13NO3. The molecule has 4 heteroatoms. The number of amides is 1. The Kier molecular flexibility index (Phi) is 2.95. The third-order valence-corrected chi connectivity index (χ3v) is 2.42. The first-order valence-corrected chi connectivity index (χ1v) is 5.41. The van der Waals surface area contributed by atoms with E-state index in [1.165, 1.54) is 0 Å². The molecule has 0 saturated carbocycles. The summed E-state index contributed by atoms with van der Waals surface area (Å²) in [6.07, 6.45) is 0. The van der Waals surface area contributed by atoms with Gasteiger partial charge in [0.05, 0.1) is 0 Å². The Morgan fingerprint density at radius 1 is 1.29 bits per heavy atom. The van der Waals surface area contributed by atoms with Gasteiger partial charge in [-0.2, -0.15) is 0 Å². The summed E-state index contributed by atoms with van der Waals surface area (Å²) in [7, 11) is 0. The molecule has 0 saturated heterocycles. The summed E-state index contributed by atoms with van der Waals surface area (Å²) in [5.41, 5.74) is 0.167. The summed E-state index contributed by atoms with van der Waals surface area (Å²) in [6, 6.07) is 8.80. The van der Waals surface area contributed by atoms with Crippen molar-refractivity contribution < 1.29 is 9.21 Å². The van der Waals surface area contributed by atoms with E-state index >= 15 is 0 Å². The van der Waals surface area contributed by atoms with Crippen LogP contribution >= 0.6 is 0 Å². The molecule has 0 aliphatic rings. The van der Waals surface area contributed by atoms with E-state index in [0.717, 1.165) is 5.39 Å². The van der Waals surface area contributed by atoms with Crippen LogP contribution in [0.1, 0.15) is 13.8 Å². The van der Waals surface area contributed by atoms with Crippen LogP contribution in [0, 0.1) is 5.92 Å². The molecule has 0 aliphatic carbocycles. The summed E-state index contributed by atoms with van der Waals surface area (Å²) in [5, 5.41) is 3.34. The lowest BCUT2D eigenvalue weighted by Crippen LogP contribution is -2.21. The van der Waals surface area contributed by atoms with Gasteiger partial charge in [-0.15, -0.1) is 0 Å². The number of para-hydroxylation sites is 1. The Labute approximate surface area is 98.3 Å². The number of hydrogen-bond donors (Lipinski definition) is 1. The van der Waals surface area contributed by atoms with E-state index < -0.39 is 5.63 Å². The maximum atomic E-state index is 11.6. The average Bonchev–Trinajstić information content (AvgIpc) is 2.29. The van der Waals surface area contributed by atoms with Crippen LogP contribution in [0.2, 0.25) is 0 Å². The van der Waals surface area contributed by atoms with Crippen molar-refractivity contribution in [3.8, 4) is 0 Å². The van der Waals surface area contributed by atoms with E-state index in [1.807, 2.05) is 12.1 Å². The number of anilines is 1. The van der Waals surface area contributed by atoms with Gasteiger partial charge in [0.1, 0.15) is 11.3 Å². The van der Waals surface area contributed by atoms with Gasteiger partial charge in [0.2, 0.25) is 5.91 Å². The maximum absolute atomic E-state index is 11.6. The van der Waals surface area contributed by atoms with E-state index in [1.54, 1.807) is 32.0 Å². The first-order valence-electron chi connectivity index (χ1n) is 5.41. The van der Waals surface area contributed by atoms with Crippen molar-refractivity contribution in [2.75, 3.05) is 5.32 Å². The van der Waals surface area contributed by atoms with Crippen molar-refractivity contribution in [3.05, 3.63) is 40.8 Å². The van der Waals surface area contributed by atoms with Crippen molar-refractivity contribution >= 4 is 22.6 Å². The van der Waals surface area contributed by atoms with Crippen LogP contribution in [0.4, 0.5) is 5.69 Å². The number of benzene rings is 1. The van der Waals surface area contributed by atoms with Crippen molar-refractivity contribution in [1.82, 2.24) is 0 Å². The lowest BCUT2D eigenvalue weighted by atomic mass is 10.2. The zero-order valence-electron chi connectivity index (χ0n) is 9.69. The molecule has 2 rings (SSSR count). The van der Waals surface area contributed by atoms with Crippen LogP contribution < -0.4 is 10.9 Å². The minimum atomic E-state index is -0.530. The molecule has 1 N–H and O–H groups in total. The van der Waals surface area contributed by atoms with Crippen molar-refractivity contribution in [2.45, 2.75) is 13.8 Å². The maximum Gasteiger partial charge on any atom is 0.360 e. The molecule has 1 amide bonds. The summed E-state index contributed by atoms with van der Waals surface area (Å²) in [6.45, 7) is 3.52. The van der Waals surface area contributed by atoms with Gasteiger partial charge in [-0.05, 0) is 12.1 Å². The second kappa shape index (κ2) is 4.41. The molecule has 0 radical (unpaired) electrons. The fourth-order valence-electron chi connectivity index (χ4n) is 1.43. The van der Waals surface area contributed by atoms with Crippen molar-refractivity contribution in [1.29, 1.82) is 0 Å². The number of hydrogen-bond acceptors (Lipinski definition) is 3. The fraction of sp³-hybridized carbons (Fsp3) is 0.231. The Hall–Kier alpha value is -2.10. The summed E-state index contributed by atoms with van der Waals surface area (Å²) in [4.78, 5) is 23.1. The summed E-state index contributed by atoms with van der Waals surface area (Å²) in [5.74, 6) is -0.381. The standard InChI is InChI=1S/C13H13NO3/c1-8(2)12(15)14-10-7-9-5-3-4-6-11(9)17-13(10)16/h3-8H,1-2H3,(H,14,15). The van der Waals surface area contributed by atoms with Gasteiger partial charge in [0, 0.05) is 11.3 Å². The van der Waals surface area contributed by atoms with E-state index in [4.69, 9.17) is 4.42 Å². The molecule has 0 fully saturated rings. The lowest BCUT2D eigenvalue weighted by molar-refractivity contribution is -0.118. The second-order valence-electron chi connectivity index (χ2n) is 4.13. The zero-order chi connectivity index (χ0) is 12.4. The Bertz CT molecular complexity index is 613. The molecule has 1 aromatic heterocycles. The molecule has 0 spiro atoms. The van der Waals surface area contributed by atoms with Crippen molar-refractivity contribution in [2.24, 2.45) is 5.92 Å². The fourth-order valence-corrected chi connectivity index (χ4v) is 1.43. The molecule has 1 heterocycles. The van der Waals surface area contributed by atoms with Crippen LogP contribution in [0.3, 0.4) is 0 Å². The highest BCUT2D eigenvalue weighted by Gasteiger charge is 2.11. The Balaban J connectivity index is 2.44. The van der Waals surface area contributed by atoms with Gasteiger partial charge in [0.15, 0.2) is 0 Å². The number of fused-ring (bicyclic) bond motifs is 1. The van der Waals surface area contributed by atoms with Gasteiger partial charge >= 0.3 is 5.63 Å². The smallest absolute Gasteiger partial charge is 0.360 e. The van der Waals surface area contributed by atoms with E-state index in [9.17, 15) is 9.59 Å². The van der Waals surface area contributed by atoms with Gasteiger partial charge in [0.25, 0.3) is 0 Å². The number of nitrogens with one attached hydrogen (secondary N) is 1. The minimum absolute atomic E-state index is 0.180. The van der Waals surface area contributed by atoms with Crippen LogP contribution in [0.5, 0.6) is 0 Å². The molecule has 88 valence electrons. The molecule has 17 heavy (non-hydrogen) atoms. The molecule has 0 unspecified atom stereocenters. The van der Waals surface area contributed by atoms with Crippen molar-refractivity contribution in [3.63, 3.8) is 0 Å². The molecular weight excluding hydrogens is 218 g/mol. The average molecular weight is 231 g/mol. The van der Waals surface area contributed by atoms with Gasteiger partial charge < -0.3 is 9.73 Å². The minimum Gasteiger partial charge on any atom is -0.421 e. The van der Waals surface area contributed by atoms with E-state index in [0.29, 0.717) is 5.58 Å².